The third-order valence-electron chi connectivity index (χ3n) is 4.69. The quantitative estimate of drug-likeness (QED) is 0.546. The van der Waals surface area contributed by atoms with Crippen molar-refractivity contribution in [1.82, 2.24) is 0 Å². The zero-order valence-corrected chi connectivity index (χ0v) is 18.1. The molecule has 4 rings (SSSR count). The molecule has 0 aliphatic carbocycles. The molecule has 0 spiro atoms. The van der Waals surface area contributed by atoms with E-state index in [1.165, 1.54) is 29.2 Å². The van der Waals surface area contributed by atoms with Gasteiger partial charge in [-0.25, -0.2) is 9.38 Å². The molecule has 160 valence electrons. The summed E-state index contributed by atoms with van der Waals surface area (Å²) in [7, 11) is 0. The molecule has 2 amide bonds. The van der Waals surface area contributed by atoms with Crippen LogP contribution in [0.5, 0.6) is 0 Å². The van der Waals surface area contributed by atoms with Crippen LogP contribution in [-0.4, -0.2) is 22.7 Å². The van der Waals surface area contributed by atoms with Gasteiger partial charge in [0.05, 0.1) is 11.4 Å². The molecule has 1 heterocycles. The lowest BCUT2D eigenvalue weighted by molar-refractivity contribution is -0.114. The van der Waals surface area contributed by atoms with Gasteiger partial charge >= 0.3 is 0 Å². The van der Waals surface area contributed by atoms with Gasteiger partial charge in [-0.2, -0.15) is 0 Å². The number of rotatable bonds is 5. The molecule has 0 bridgehead atoms. The molecule has 0 saturated heterocycles. The van der Waals surface area contributed by atoms with E-state index >= 15 is 0 Å². The van der Waals surface area contributed by atoms with Crippen molar-refractivity contribution in [2.75, 3.05) is 16.0 Å². The second kappa shape index (κ2) is 9.62. The number of thioether (sulfide) groups is 1. The van der Waals surface area contributed by atoms with Gasteiger partial charge in [-0.05, 0) is 55.0 Å². The molecule has 0 aromatic heterocycles. The van der Waals surface area contributed by atoms with E-state index in [9.17, 15) is 14.0 Å². The van der Waals surface area contributed by atoms with Crippen molar-refractivity contribution in [3.63, 3.8) is 0 Å². The fourth-order valence-corrected chi connectivity index (χ4v) is 3.89. The first-order chi connectivity index (χ1) is 15.5. The monoisotopic (exact) mass is 445 g/mol. The smallest absolute Gasteiger partial charge is 0.283 e. The molecule has 0 radical (unpaired) electrons. The summed E-state index contributed by atoms with van der Waals surface area (Å²) in [5.74, 6) is -0.879. The number of carbonyl (C=O) groups is 2. The lowest BCUT2D eigenvalue weighted by Gasteiger charge is -2.17. The van der Waals surface area contributed by atoms with Crippen LogP contribution in [0.2, 0.25) is 0 Å². The lowest BCUT2D eigenvalue weighted by atomic mass is 10.2. The molecule has 3 aromatic carbocycles. The van der Waals surface area contributed by atoms with Gasteiger partial charge in [0.15, 0.2) is 5.17 Å². The molecule has 1 aliphatic heterocycles. The fraction of sp³-hybridized carbons (Fsp3) is 0.0800. The number of hydrogen-bond acceptors (Lipinski definition) is 4. The Bertz CT molecular complexity index is 1190. The third-order valence-corrected chi connectivity index (χ3v) is 5.62. The maximum Gasteiger partial charge on any atom is 0.283 e. The number of nitrogens with zero attached hydrogens (tertiary/aromatic N) is 2. The Balaban J connectivity index is 1.55. The Hall–Kier alpha value is -3.71. The van der Waals surface area contributed by atoms with Crippen LogP contribution < -0.4 is 10.2 Å². The predicted octanol–water partition coefficient (Wildman–Crippen LogP) is 5.25. The zero-order valence-electron chi connectivity index (χ0n) is 17.3. The van der Waals surface area contributed by atoms with Gasteiger partial charge in [0.25, 0.3) is 5.91 Å². The summed E-state index contributed by atoms with van der Waals surface area (Å²) in [4.78, 5) is 31.4. The molecule has 1 N–H and O–H groups in total. The number of aliphatic imine (C=N–C) groups is 1. The van der Waals surface area contributed by atoms with Crippen LogP contribution in [0.1, 0.15) is 11.1 Å². The average Bonchev–Trinajstić information content (AvgIpc) is 3.10. The van der Waals surface area contributed by atoms with Crippen LogP contribution in [0.3, 0.4) is 0 Å². The molecular weight excluding hydrogens is 425 g/mol. The topological polar surface area (TPSA) is 61.8 Å². The van der Waals surface area contributed by atoms with Gasteiger partial charge in [-0.15, -0.1) is 0 Å². The van der Waals surface area contributed by atoms with E-state index in [0.717, 1.165) is 22.9 Å². The van der Waals surface area contributed by atoms with Crippen LogP contribution in [0.15, 0.2) is 89.6 Å². The van der Waals surface area contributed by atoms with Gasteiger partial charge in [-0.3, -0.25) is 14.5 Å². The van der Waals surface area contributed by atoms with Gasteiger partial charge in [0, 0.05) is 5.69 Å². The van der Waals surface area contributed by atoms with Crippen molar-refractivity contribution in [2.45, 2.75) is 6.92 Å². The Labute approximate surface area is 189 Å². The van der Waals surface area contributed by atoms with Crippen molar-refractivity contribution in [3.05, 3.63) is 102 Å². The first-order valence-corrected chi connectivity index (χ1v) is 10.9. The summed E-state index contributed by atoms with van der Waals surface area (Å²) in [6.45, 7) is 1.97. The number of hydrogen-bond donors (Lipinski definition) is 1. The van der Waals surface area contributed by atoms with Crippen LogP contribution >= 0.6 is 11.8 Å². The van der Waals surface area contributed by atoms with Crippen molar-refractivity contribution in [1.29, 1.82) is 0 Å². The highest BCUT2D eigenvalue weighted by Gasteiger charge is 2.32. The SMILES string of the molecule is Cc1ccc(NC(=O)CSC2=N/C(=C/c3ccccc3)C(=O)N2c2ccc(F)cc2)cc1. The average molecular weight is 446 g/mol. The normalized spacial score (nSPS) is 14.6. The number of halogens is 1. The molecule has 3 aromatic rings. The van der Waals surface area contributed by atoms with Crippen LogP contribution in [-0.2, 0) is 9.59 Å². The van der Waals surface area contributed by atoms with Crippen molar-refractivity contribution in [3.8, 4) is 0 Å². The minimum absolute atomic E-state index is 0.0658. The van der Waals surface area contributed by atoms with Crippen molar-refractivity contribution < 1.29 is 14.0 Å². The number of amides is 2. The molecule has 1 aliphatic rings. The Kier molecular flexibility index (Phi) is 6.47. The van der Waals surface area contributed by atoms with E-state index in [-0.39, 0.29) is 23.3 Å². The summed E-state index contributed by atoms with van der Waals surface area (Å²) in [6.07, 6.45) is 1.69. The van der Waals surface area contributed by atoms with Gasteiger partial charge < -0.3 is 5.32 Å². The molecule has 7 heteroatoms. The fourth-order valence-electron chi connectivity index (χ4n) is 3.08. The lowest BCUT2D eigenvalue weighted by Crippen LogP contribution is -2.31. The Morgan fingerprint density at radius 2 is 1.72 bits per heavy atom. The first-order valence-electron chi connectivity index (χ1n) is 9.94. The minimum Gasteiger partial charge on any atom is -0.325 e. The summed E-state index contributed by atoms with van der Waals surface area (Å²) >= 11 is 1.15. The van der Waals surface area contributed by atoms with Gasteiger partial charge in [0.1, 0.15) is 11.5 Å². The maximum absolute atomic E-state index is 13.4. The number of anilines is 2. The van der Waals surface area contributed by atoms with E-state index in [4.69, 9.17) is 0 Å². The second-order valence-corrected chi connectivity index (χ2v) is 8.10. The molecule has 0 fully saturated rings. The summed E-state index contributed by atoms with van der Waals surface area (Å²) in [5, 5.41) is 3.20. The third kappa shape index (κ3) is 5.12. The van der Waals surface area contributed by atoms with Gasteiger partial charge in [0.2, 0.25) is 5.91 Å². The number of benzene rings is 3. The van der Waals surface area contributed by atoms with Crippen LogP contribution in [0, 0.1) is 12.7 Å². The van der Waals surface area contributed by atoms with E-state index in [1.54, 1.807) is 6.08 Å². The Morgan fingerprint density at radius 1 is 1.03 bits per heavy atom. The molecular formula is C25H20FN3O2S. The van der Waals surface area contributed by atoms with Crippen LogP contribution in [0.25, 0.3) is 6.08 Å². The van der Waals surface area contributed by atoms with E-state index < -0.39 is 5.82 Å². The number of amidine groups is 1. The Morgan fingerprint density at radius 3 is 2.41 bits per heavy atom. The standard InChI is InChI=1S/C25H20FN3O2S/c1-17-7-11-20(12-8-17)27-23(30)16-32-25-28-22(15-18-5-3-2-4-6-18)24(31)29(25)21-13-9-19(26)10-14-21/h2-15H,16H2,1H3,(H,27,30)/b22-15+. The highest BCUT2D eigenvalue weighted by atomic mass is 32.2. The van der Waals surface area contributed by atoms with E-state index in [2.05, 4.69) is 10.3 Å². The molecule has 5 nitrogen and oxygen atoms in total. The molecule has 0 saturated carbocycles. The molecule has 32 heavy (non-hydrogen) atoms. The van der Waals surface area contributed by atoms with Crippen LogP contribution in [0.4, 0.5) is 15.8 Å². The second-order valence-electron chi connectivity index (χ2n) is 7.15. The minimum atomic E-state index is -0.399. The molecule has 0 atom stereocenters. The van der Waals surface area contributed by atoms with Crippen molar-refractivity contribution >= 4 is 46.2 Å². The number of aryl methyl sites for hydroxylation is 1. The number of nitrogens with one attached hydrogen (secondary N) is 1. The van der Waals surface area contributed by atoms with E-state index in [0.29, 0.717) is 16.5 Å². The number of carbonyl (C=O) groups excluding carboxylic acids is 2. The van der Waals surface area contributed by atoms with Gasteiger partial charge in [-0.1, -0.05) is 59.8 Å². The highest BCUT2D eigenvalue weighted by molar-refractivity contribution is 8.14. The predicted molar refractivity (Wildman–Crippen MR) is 128 cm³/mol. The van der Waals surface area contributed by atoms with E-state index in [1.807, 2.05) is 61.5 Å². The molecule has 0 unspecified atom stereocenters. The van der Waals surface area contributed by atoms with Crippen molar-refractivity contribution in [2.24, 2.45) is 4.99 Å². The summed E-state index contributed by atoms with van der Waals surface area (Å²) in [5.41, 5.74) is 3.37. The summed E-state index contributed by atoms with van der Waals surface area (Å²) in [6, 6.07) is 22.5. The largest absolute Gasteiger partial charge is 0.325 e. The maximum atomic E-state index is 13.4. The zero-order chi connectivity index (χ0) is 22.5. The summed E-state index contributed by atoms with van der Waals surface area (Å²) < 4.78 is 13.4. The highest BCUT2D eigenvalue weighted by Crippen LogP contribution is 2.29. The first kappa shape index (κ1) is 21.5.